The Labute approximate surface area is 260 Å². The van der Waals surface area contributed by atoms with Gasteiger partial charge in [-0.25, -0.2) is 0 Å². The van der Waals surface area contributed by atoms with Gasteiger partial charge in [0.1, 0.15) is 17.5 Å². The van der Waals surface area contributed by atoms with Crippen molar-refractivity contribution in [3.8, 4) is 17.6 Å². The zero-order valence-corrected chi connectivity index (χ0v) is 27.3. The summed E-state index contributed by atoms with van der Waals surface area (Å²) in [6.45, 7) is 14.2. The summed E-state index contributed by atoms with van der Waals surface area (Å²) < 4.78 is 0. The summed E-state index contributed by atoms with van der Waals surface area (Å²) in [5, 5.41) is 23.8. The summed E-state index contributed by atoms with van der Waals surface area (Å²) in [4.78, 5) is 69.3. The number of aliphatic hydroxyl groups is 1. The molecule has 4 aliphatic rings. The molecule has 236 valence electrons. The number of phenols is 1. The number of aromatic hydroxyl groups is 1. The number of phenolic OH excluding ortho intramolecular Hbond substituents is 1. The van der Waals surface area contributed by atoms with Crippen molar-refractivity contribution in [1.29, 1.82) is 0 Å². The normalized spacial score (nSPS) is 34.7. The summed E-state index contributed by atoms with van der Waals surface area (Å²) in [6.07, 6.45) is 5.57. The van der Waals surface area contributed by atoms with E-state index in [0.29, 0.717) is 11.1 Å². The maximum atomic E-state index is 14.6. The third kappa shape index (κ3) is 4.38. The summed E-state index contributed by atoms with van der Waals surface area (Å²) in [6, 6.07) is 1.86. The average Bonchev–Trinajstić information content (AvgIpc) is 2.90. The molecule has 4 aliphatic carbocycles. The van der Waals surface area contributed by atoms with E-state index in [1.807, 2.05) is 26.8 Å². The van der Waals surface area contributed by atoms with Crippen molar-refractivity contribution in [2.24, 2.45) is 39.9 Å². The van der Waals surface area contributed by atoms with Crippen molar-refractivity contribution in [2.45, 2.75) is 112 Å². The molecule has 0 aromatic heterocycles. The number of carbonyl (C=O) groups is 5. The van der Waals surface area contributed by atoms with Crippen molar-refractivity contribution in [3.05, 3.63) is 28.3 Å². The second-order valence-electron chi connectivity index (χ2n) is 15.6. The molecule has 6 atom stereocenters. The predicted molar refractivity (Wildman–Crippen MR) is 165 cm³/mol. The first-order valence-corrected chi connectivity index (χ1v) is 16.2. The smallest absolute Gasteiger partial charge is 0.190 e. The highest BCUT2D eigenvalue weighted by atomic mass is 16.3. The second-order valence-corrected chi connectivity index (χ2v) is 15.6. The third-order valence-electron chi connectivity index (χ3n) is 11.5. The van der Waals surface area contributed by atoms with Crippen LogP contribution in [0.3, 0.4) is 0 Å². The number of rotatable bonds is 3. The van der Waals surface area contributed by atoms with Gasteiger partial charge in [-0.2, -0.15) is 0 Å². The topological polar surface area (TPSA) is 126 Å². The van der Waals surface area contributed by atoms with Gasteiger partial charge < -0.3 is 10.2 Å². The van der Waals surface area contributed by atoms with Crippen LogP contribution in [0, 0.1) is 51.8 Å². The largest absolute Gasteiger partial charge is 0.506 e. The van der Waals surface area contributed by atoms with E-state index >= 15 is 0 Å². The minimum absolute atomic E-state index is 0.0208. The monoisotopic (exact) mass is 602 g/mol. The van der Waals surface area contributed by atoms with Crippen LogP contribution in [-0.4, -0.2) is 44.7 Å². The van der Waals surface area contributed by atoms with Gasteiger partial charge in [-0.15, -0.1) is 0 Å². The molecule has 0 heterocycles. The zero-order chi connectivity index (χ0) is 32.7. The number of hydrogen-bond acceptors (Lipinski definition) is 7. The van der Waals surface area contributed by atoms with Crippen LogP contribution in [0.4, 0.5) is 0 Å². The molecule has 0 aliphatic heterocycles. The highest BCUT2D eigenvalue weighted by molar-refractivity contribution is 6.32. The zero-order valence-electron chi connectivity index (χ0n) is 27.3. The Morgan fingerprint density at radius 2 is 1.59 bits per heavy atom. The molecule has 7 nitrogen and oxygen atoms in total. The van der Waals surface area contributed by atoms with Crippen LogP contribution >= 0.6 is 0 Å². The Balaban J connectivity index is 1.71. The minimum Gasteiger partial charge on any atom is -0.506 e. The second kappa shape index (κ2) is 10.5. The fraction of sp³-hybridized carbons (Fsp3) is 0.649. The molecule has 0 spiro atoms. The molecule has 0 bridgehead atoms. The predicted octanol–water partition coefficient (Wildman–Crippen LogP) is 5.54. The molecule has 1 aromatic carbocycles. The van der Waals surface area contributed by atoms with Crippen molar-refractivity contribution in [2.75, 3.05) is 0 Å². The molecular weight excluding hydrogens is 556 g/mol. The summed E-state index contributed by atoms with van der Waals surface area (Å²) in [7, 11) is 0. The van der Waals surface area contributed by atoms with Gasteiger partial charge in [0.15, 0.2) is 28.7 Å². The van der Waals surface area contributed by atoms with Gasteiger partial charge in [-0.3, -0.25) is 24.0 Å². The molecule has 0 saturated heterocycles. The van der Waals surface area contributed by atoms with Crippen LogP contribution in [0.2, 0.25) is 0 Å². The maximum Gasteiger partial charge on any atom is 0.190 e. The number of carbonyl (C=O) groups excluding carboxylic acids is 5. The van der Waals surface area contributed by atoms with E-state index in [1.165, 1.54) is 6.42 Å². The van der Waals surface area contributed by atoms with Crippen molar-refractivity contribution < 1.29 is 34.2 Å². The van der Waals surface area contributed by atoms with E-state index in [2.05, 4.69) is 18.8 Å². The van der Waals surface area contributed by atoms with Crippen LogP contribution in [0.25, 0.3) is 0 Å². The van der Waals surface area contributed by atoms with Crippen molar-refractivity contribution >= 4 is 28.9 Å². The fourth-order valence-electron chi connectivity index (χ4n) is 9.52. The Bertz CT molecular complexity index is 1550. The lowest BCUT2D eigenvalue weighted by Gasteiger charge is -2.62. The summed E-state index contributed by atoms with van der Waals surface area (Å²) in [5.74, 6) is -2.33. The van der Waals surface area contributed by atoms with Gasteiger partial charge in [-0.1, -0.05) is 72.6 Å². The number of hydrogen-bond donors (Lipinski definition) is 2. The van der Waals surface area contributed by atoms with Gasteiger partial charge in [0.05, 0.1) is 17.0 Å². The Hall–Kier alpha value is -3.11. The van der Waals surface area contributed by atoms with Gasteiger partial charge >= 0.3 is 0 Å². The lowest BCUT2D eigenvalue weighted by atomic mass is 9.39. The number of ketones is 5. The van der Waals surface area contributed by atoms with Crippen molar-refractivity contribution in [1.82, 2.24) is 0 Å². The van der Waals surface area contributed by atoms with Crippen LogP contribution in [0.5, 0.6) is 5.75 Å². The molecule has 5 rings (SSSR count). The third-order valence-corrected chi connectivity index (χ3v) is 11.5. The standard InChI is InChI=1S/C37H46O7/c1-19(2)23-16-22(12-15-34(6)13-10-9-11-14-34)29(39)26-24(23)17-35(7)18-36(8)27(20(3)4)30(40)25(21(5)38)32(42)37(36,44)33(43)28(35)31(26)41/h16,19-20,25,27-28,39,44H,9-11,13-14,17-18H2,1-8H3/t25?,27?,28?,35-,36-,37+/m1/s1. The average molecular weight is 603 g/mol. The van der Waals surface area contributed by atoms with E-state index < -0.39 is 63.1 Å². The summed E-state index contributed by atoms with van der Waals surface area (Å²) in [5.41, 5.74) is -3.59. The molecule has 1 aromatic rings. The molecule has 44 heavy (non-hydrogen) atoms. The lowest BCUT2D eigenvalue weighted by molar-refractivity contribution is -0.205. The quantitative estimate of drug-likeness (QED) is 0.344. The number of Topliss-reactive ketones (excluding diaryl/α,β-unsaturated/α-hetero) is 5. The van der Waals surface area contributed by atoms with E-state index in [4.69, 9.17) is 0 Å². The Morgan fingerprint density at radius 1 is 0.977 bits per heavy atom. The van der Waals surface area contributed by atoms with Gasteiger partial charge in [-0.05, 0) is 74.0 Å². The maximum absolute atomic E-state index is 14.6. The lowest BCUT2D eigenvalue weighted by Crippen LogP contribution is -2.76. The number of fused-ring (bicyclic) bond motifs is 3. The van der Waals surface area contributed by atoms with E-state index in [9.17, 15) is 34.2 Å². The van der Waals surface area contributed by atoms with Gasteiger partial charge in [0, 0.05) is 16.7 Å². The summed E-state index contributed by atoms with van der Waals surface area (Å²) >= 11 is 0. The molecule has 2 N–H and O–H groups in total. The SMILES string of the molecule is CC(=O)C1C(=O)C(C(C)C)[C@@]2(C)C[C@@]3(C)Cc4c(C(C)C)cc(C#CC5(C)CCCCC5)c(O)c4C(=O)C3C(=O)[C@@]2(O)C1=O. The van der Waals surface area contributed by atoms with Crippen LogP contribution in [-0.2, 0) is 25.6 Å². The minimum atomic E-state index is -2.70. The van der Waals surface area contributed by atoms with E-state index in [-0.39, 0.29) is 41.4 Å². The first kappa shape index (κ1) is 32.3. The first-order valence-electron chi connectivity index (χ1n) is 16.2. The number of benzene rings is 1. The molecule has 3 saturated carbocycles. The molecule has 3 unspecified atom stereocenters. The van der Waals surface area contributed by atoms with Crippen LogP contribution in [0.15, 0.2) is 6.07 Å². The highest BCUT2D eigenvalue weighted by Crippen LogP contribution is 2.64. The molecule has 3 fully saturated rings. The molecule has 7 heteroatoms. The molecule has 0 radical (unpaired) electrons. The fourth-order valence-corrected chi connectivity index (χ4v) is 9.52. The van der Waals surface area contributed by atoms with Gasteiger partial charge in [0.25, 0.3) is 0 Å². The van der Waals surface area contributed by atoms with Gasteiger partial charge in [0.2, 0.25) is 0 Å². The van der Waals surface area contributed by atoms with E-state index in [1.54, 1.807) is 20.8 Å². The van der Waals surface area contributed by atoms with Crippen LogP contribution in [0.1, 0.15) is 127 Å². The first-order chi connectivity index (χ1) is 20.3. The Morgan fingerprint density at radius 3 is 2.14 bits per heavy atom. The van der Waals surface area contributed by atoms with Crippen molar-refractivity contribution in [3.63, 3.8) is 0 Å². The highest BCUT2D eigenvalue weighted by Gasteiger charge is 2.76. The Kier molecular flexibility index (Phi) is 7.69. The van der Waals surface area contributed by atoms with E-state index in [0.717, 1.165) is 38.2 Å². The molecule has 0 amide bonds. The van der Waals surface area contributed by atoms with Crippen LogP contribution < -0.4 is 0 Å². The molecular formula is C37H46O7.